The molecule has 10 heteroatoms. The lowest BCUT2D eigenvalue weighted by atomic mass is 10.1. The van der Waals surface area contributed by atoms with Gasteiger partial charge in [0.15, 0.2) is 6.10 Å². The van der Waals surface area contributed by atoms with Crippen molar-refractivity contribution in [3.05, 3.63) is 97.2 Å². The summed E-state index contributed by atoms with van der Waals surface area (Å²) < 4.78 is 34.2. The molecular formula is C48H81NO8P+. The molecule has 0 amide bonds. The summed E-state index contributed by atoms with van der Waals surface area (Å²) in [4.78, 5) is 35.3. The predicted molar refractivity (Wildman–Crippen MR) is 242 cm³/mol. The third kappa shape index (κ3) is 42.5. The molecule has 330 valence electrons. The van der Waals surface area contributed by atoms with E-state index in [1.54, 1.807) is 0 Å². The van der Waals surface area contributed by atoms with Crippen molar-refractivity contribution >= 4 is 19.8 Å². The van der Waals surface area contributed by atoms with Gasteiger partial charge in [0.2, 0.25) is 0 Å². The molecule has 9 nitrogen and oxygen atoms in total. The van der Waals surface area contributed by atoms with Crippen LogP contribution in [0.5, 0.6) is 0 Å². The smallest absolute Gasteiger partial charge is 0.462 e. The molecule has 2 atom stereocenters. The first kappa shape index (κ1) is 54.9. The van der Waals surface area contributed by atoms with Crippen molar-refractivity contribution < 1.29 is 42.1 Å². The van der Waals surface area contributed by atoms with Gasteiger partial charge >= 0.3 is 19.8 Å². The molecule has 0 aromatic carbocycles. The third-order valence-corrected chi connectivity index (χ3v) is 9.60. The van der Waals surface area contributed by atoms with E-state index in [1.807, 2.05) is 33.3 Å². The maximum absolute atomic E-state index is 12.7. The second kappa shape index (κ2) is 39.4. The Bertz CT molecular complexity index is 1300. The first-order valence-corrected chi connectivity index (χ1v) is 23.5. The molecule has 0 aliphatic rings. The van der Waals surface area contributed by atoms with Crippen LogP contribution >= 0.6 is 7.82 Å². The van der Waals surface area contributed by atoms with Gasteiger partial charge in [0.25, 0.3) is 0 Å². The minimum absolute atomic E-state index is 0.00976. The van der Waals surface area contributed by atoms with Crippen LogP contribution in [-0.2, 0) is 32.7 Å². The molecule has 0 bridgehead atoms. The van der Waals surface area contributed by atoms with Gasteiger partial charge in [0.05, 0.1) is 27.7 Å². The van der Waals surface area contributed by atoms with E-state index in [0.717, 1.165) is 77.0 Å². The van der Waals surface area contributed by atoms with Crippen LogP contribution in [0.2, 0.25) is 0 Å². The van der Waals surface area contributed by atoms with Gasteiger partial charge in [-0.1, -0.05) is 143 Å². The van der Waals surface area contributed by atoms with Crippen molar-refractivity contribution in [3.63, 3.8) is 0 Å². The topological polar surface area (TPSA) is 108 Å². The Kier molecular flexibility index (Phi) is 37.3. The Morgan fingerprint density at radius 3 is 1.53 bits per heavy atom. The number of phosphoric acid groups is 1. The highest BCUT2D eigenvalue weighted by molar-refractivity contribution is 7.47. The van der Waals surface area contributed by atoms with Crippen LogP contribution in [0.3, 0.4) is 0 Å². The lowest BCUT2D eigenvalue weighted by molar-refractivity contribution is -0.870. The minimum atomic E-state index is -4.41. The summed E-state index contributed by atoms with van der Waals surface area (Å²) in [5, 5.41) is 0. The number of esters is 2. The molecule has 0 saturated carbocycles. The number of hydrogen-bond donors (Lipinski definition) is 1. The number of carbonyl (C=O) groups is 2. The number of nitrogens with zero attached hydrogens (tertiary/aromatic N) is 1. The minimum Gasteiger partial charge on any atom is -0.462 e. The molecule has 0 heterocycles. The summed E-state index contributed by atoms with van der Waals surface area (Å²) in [6.45, 7) is 4.14. The highest BCUT2D eigenvalue weighted by atomic mass is 31.2. The van der Waals surface area contributed by atoms with E-state index in [4.69, 9.17) is 18.5 Å². The van der Waals surface area contributed by atoms with Crippen molar-refractivity contribution in [2.24, 2.45) is 0 Å². The first-order chi connectivity index (χ1) is 28.0. The summed E-state index contributed by atoms with van der Waals surface area (Å²) in [6, 6.07) is 0. The molecule has 0 spiro atoms. The van der Waals surface area contributed by atoms with Gasteiger partial charge in [-0.05, 0) is 83.5 Å². The van der Waals surface area contributed by atoms with Gasteiger partial charge in [-0.15, -0.1) is 0 Å². The van der Waals surface area contributed by atoms with Gasteiger partial charge < -0.3 is 18.9 Å². The van der Waals surface area contributed by atoms with Crippen LogP contribution in [0.1, 0.15) is 142 Å². The van der Waals surface area contributed by atoms with E-state index in [0.29, 0.717) is 23.9 Å². The van der Waals surface area contributed by atoms with Crippen molar-refractivity contribution in [1.29, 1.82) is 0 Å². The van der Waals surface area contributed by atoms with Gasteiger partial charge in [0.1, 0.15) is 19.8 Å². The van der Waals surface area contributed by atoms with E-state index >= 15 is 0 Å². The fourth-order valence-electron chi connectivity index (χ4n) is 5.19. The Balaban J connectivity index is 4.54. The monoisotopic (exact) mass is 831 g/mol. The standard InChI is InChI=1S/C48H80NO8P/c1-6-8-10-12-14-16-18-20-22-23-24-25-27-29-31-33-35-37-39-41-48(51)57-46(45-56-58(52,53)55-43-42-49(3,4)5)44-54-47(50)40-38-36-34-32-30-28-26-21-19-17-15-13-11-9-7-2/h9,11,14-17,20-22,24-26,29,31,35,37,46H,6-8,10,12-13,18-19,23,27-28,30,32-34,36,38-45H2,1-5H3/p+1/b11-9+,16-14+,17-15+,22-20+,25-24+,26-21+,31-29+,37-35+/t46-/m1/s1. The first-order valence-electron chi connectivity index (χ1n) is 22.0. The third-order valence-electron chi connectivity index (χ3n) is 8.61. The second-order valence-corrected chi connectivity index (χ2v) is 16.8. The van der Waals surface area contributed by atoms with Gasteiger partial charge in [0, 0.05) is 12.8 Å². The zero-order valence-electron chi connectivity index (χ0n) is 37.0. The number of phosphoric ester groups is 1. The van der Waals surface area contributed by atoms with E-state index in [2.05, 4.69) is 98.9 Å². The number of unbranched alkanes of at least 4 members (excludes halogenated alkanes) is 8. The lowest BCUT2D eigenvalue weighted by Gasteiger charge is -2.24. The maximum atomic E-state index is 12.7. The van der Waals surface area contributed by atoms with Crippen LogP contribution in [-0.4, -0.2) is 74.9 Å². The summed E-state index contributed by atoms with van der Waals surface area (Å²) in [6.07, 6.45) is 51.9. The SMILES string of the molecule is CC/C=C/C/C=C/C/C=C/CCCCCCCC(=O)OC[C@H](COP(=O)(O)OCC[N+](C)(C)C)OC(=O)CC/C=C/C/C=C/C/C=C/C/C=C/C/C=C/CCCCC. The Morgan fingerprint density at radius 2 is 1.02 bits per heavy atom. The highest BCUT2D eigenvalue weighted by Gasteiger charge is 2.27. The number of hydrogen-bond acceptors (Lipinski definition) is 7. The summed E-state index contributed by atoms with van der Waals surface area (Å²) in [7, 11) is 1.40. The van der Waals surface area contributed by atoms with Crippen LogP contribution in [0.15, 0.2) is 97.2 Å². The van der Waals surface area contributed by atoms with Crippen molar-refractivity contribution in [1.82, 2.24) is 0 Å². The molecule has 58 heavy (non-hydrogen) atoms. The lowest BCUT2D eigenvalue weighted by Crippen LogP contribution is -2.37. The Labute approximate surface area is 353 Å². The average molecular weight is 831 g/mol. The highest BCUT2D eigenvalue weighted by Crippen LogP contribution is 2.43. The fourth-order valence-corrected chi connectivity index (χ4v) is 5.93. The van der Waals surface area contributed by atoms with E-state index in [-0.39, 0.29) is 26.1 Å². The van der Waals surface area contributed by atoms with Gasteiger partial charge in [-0.25, -0.2) is 4.57 Å². The quantitative estimate of drug-likeness (QED) is 0.0215. The van der Waals surface area contributed by atoms with E-state index in [9.17, 15) is 19.0 Å². The summed E-state index contributed by atoms with van der Waals surface area (Å²) >= 11 is 0. The normalized spacial score (nSPS) is 14.5. The zero-order valence-corrected chi connectivity index (χ0v) is 37.9. The molecule has 1 N–H and O–H groups in total. The predicted octanol–water partition coefficient (Wildman–Crippen LogP) is 12.6. The number of rotatable bonds is 38. The maximum Gasteiger partial charge on any atom is 0.472 e. The van der Waals surface area contributed by atoms with Crippen LogP contribution in [0, 0.1) is 0 Å². The Hall–Kier alpha value is -3.07. The van der Waals surface area contributed by atoms with E-state index < -0.39 is 32.5 Å². The summed E-state index contributed by atoms with van der Waals surface area (Å²) in [5.41, 5.74) is 0. The van der Waals surface area contributed by atoms with Crippen molar-refractivity contribution in [2.45, 2.75) is 148 Å². The average Bonchev–Trinajstić information content (AvgIpc) is 3.17. The van der Waals surface area contributed by atoms with Crippen molar-refractivity contribution in [3.8, 4) is 0 Å². The molecule has 0 aromatic heterocycles. The molecular weight excluding hydrogens is 750 g/mol. The molecule has 0 aliphatic carbocycles. The number of allylic oxidation sites excluding steroid dienone is 16. The van der Waals surface area contributed by atoms with Gasteiger partial charge in [-0.2, -0.15) is 0 Å². The molecule has 1 unspecified atom stereocenters. The number of ether oxygens (including phenoxy) is 2. The zero-order chi connectivity index (χ0) is 42.8. The van der Waals surface area contributed by atoms with Crippen molar-refractivity contribution in [2.75, 3.05) is 47.5 Å². The second-order valence-electron chi connectivity index (χ2n) is 15.3. The largest absolute Gasteiger partial charge is 0.472 e. The molecule has 0 fully saturated rings. The van der Waals surface area contributed by atoms with E-state index in [1.165, 1.54) is 25.7 Å². The van der Waals surface area contributed by atoms with Crippen LogP contribution in [0.25, 0.3) is 0 Å². The fraction of sp³-hybridized carbons (Fsp3) is 0.625. The number of likely N-dealkylation sites (N-methyl/N-ethyl adjacent to an activating group) is 1. The number of carbonyl (C=O) groups excluding carboxylic acids is 2. The van der Waals surface area contributed by atoms with Gasteiger partial charge in [-0.3, -0.25) is 18.6 Å². The molecule has 0 saturated heterocycles. The number of quaternary nitrogens is 1. The molecule has 0 rings (SSSR count). The van der Waals surface area contributed by atoms with Crippen LogP contribution in [0.4, 0.5) is 0 Å². The molecule has 0 radical (unpaired) electrons. The Morgan fingerprint density at radius 1 is 0.552 bits per heavy atom. The van der Waals surface area contributed by atoms with Crippen LogP contribution < -0.4 is 0 Å². The summed E-state index contributed by atoms with van der Waals surface area (Å²) in [5.74, 6) is -0.926. The molecule has 0 aromatic rings. The molecule has 0 aliphatic heterocycles.